The lowest BCUT2D eigenvalue weighted by Crippen LogP contribution is -2.37. The van der Waals surface area contributed by atoms with Crippen LogP contribution < -0.4 is 10.7 Å². The Morgan fingerprint density at radius 2 is 2.24 bits per heavy atom. The molecule has 1 aromatic carbocycles. The molecule has 0 amide bonds. The third kappa shape index (κ3) is 4.71. The van der Waals surface area contributed by atoms with Crippen LogP contribution in [0.5, 0.6) is 0 Å². The van der Waals surface area contributed by atoms with Crippen molar-refractivity contribution >= 4 is 23.0 Å². The lowest BCUT2D eigenvalue weighted by atomic mass is 10.1. The van der Waals surface area contributed by atoms with Crippen LogP contribution in [-0.2, 0) is 4.74 Å². The minimum atomic E-state index is -0.902. The van der Waals surface area contributed by atoms with Gasteiger partial charge in [0.2, 0.25) is 0 Å². The van der Waals surface area contributed by atoms with E-state index in [-0.39, 0.29) is 6.10 Å². The summed E-state index contributed by atoms with van der Waals surface area (Å²) in [6.45, 7) is 3.11. The molecule has 114 valence electrons. The fraction of sp³-hybridized carbons (Fsp3) is 0.429. The maximum Gasteiger partial charge on any atom is 0.187 e. The first-order valence-corrected chi connectivity index (χ1v) is 7.12. The molecule has 1 fully saturated rings. The third-order valence-electron chi connectivity index (χ3n) is 3.18. The maximum absolute atomic E-state index is 13.1. The molecule has 0 aromatic heterocycles. The molecule has 1 saturated heterocycles. The summed E-state index contributed by atoms with van der Waals surface area (Å²) in [5, 5.41) is 7.42. The summed E-state index contributed by atoms with van der Waals surface area (Å²) in [6.07, 6.45) is 2.27. The lowest BCUT2D eigenvalue weighted by Gasteiger charge is -2.12. The van der Waals surface area contributed by atoms with E-state index in [1.54, 1.807) is 6.92 Å². The van der Waals surface area contributed by atoms with E-state index in [1.807, 2.05) is 0 Å². The van der Waals surface area contributed by atoms with Gasteiger partial charge in [0.15, 0.2) is 16.7 Å². The number of halogens is 2. The predicted octanol–water partition coefficient (Wildman–Crippen LogP) is 2.33. The van der Waals surface area contributed by atoms with Gasteiger partial charge in [-0.05, 0) is 50.2 Å². The van der Waals surface area contributed by atoms with Gasteiger partial charge in [-0.1, -0.05) is 0 Å². The summed E-state index contributed by atoms with van der Waals surface area (Å²) in [6, 6.07) is 3.62. The normalized spacial score (nSPS) is 18.6. The standard InChI is InChI=1S/C14H17F2N3OS/c1-9(10-4-5-12(15)13(16)7-10)18-19-14(21)17-8-11-3-2-6-20-11/h4-5,7,11H,2-3,6,8H2,1H3,(H2,17,19,21)/b18-9-/t11-/m1/s1. The number of nitrogens with zero attached hydrogens (tertiary/aromatic N) is 1. The zero-order valence-electron chi connectivity index (χ0n) is 11.7. The van der Waals surface area contributed by atoms with Gasteiger partial charge in [-0.25, -0.2) is 8.78 Å². The first-order valence-electron chi connectivity index (χ1n) is 6.71. The Kier molecular flexibility index (Phi) is 5.58. The number of benzene rings is 1. The number of hydrazone groups is 1. The van der Waals surface area contributed by atoms with E-state index >= 15 is 0 Å². The van der Waals surface area contributed by atoms with E-state index in [1.165, 1.54) is 6.07 Å². The smallest absolute Gasteiger partial charge is 0.187 e. The second-order valence-corrected chi connectivity index (χ2v) is 5.19. The van der Waals surface area contributed by atoms with Crippen LogP contribution in [0, 0.1) is 11.6 Å². The van der Waals surface area contributed by atoms with Crippen molar-refractivity contribution in [2.45, 2.75) is 25.9 Å². The molecular weight excluding hydrogens is 296 g/mol. The average molecular weight is 313 g/mol. The van der Waals surface area contributed by atoms with E-state index in [9.17, 15) is 8.78 Å². The SMILES string of the molecule is C/C(=N/NC(=S)NC[C@H]1CCCO1)c1ccc(F)c(F)c1. The molecule has 2 rings (SSSR count). The molecule has 0 unspecified atom stereocenters. The highest BCUT2D eigenvalue weighted by atomic mass is 32.1. The fourth-order valence-electron chi connectivity index (χ4n) is 1.97. The molecule has 0 aliphatic carbocycles. The molecule has 2 N–H and O–H groups in total. The number of rotatable bonds is 4. The van der Waals surface area contributed by atoms with Crippen LogP contribution in [0.15, 0.2) is 23.3 Å². The van der Waals surface area contributed by atoms with Crippen molar-refractivity contribution in [1.82, 2.24) is 10.7 Å². The Balaban J connectivity index is 1.84. The summed E-state index contributed by atoms with van der Waals surface area (Å²) >= 11 is 5.08. The molecule has 0 spiro atoms. The number of hydrogen-bond acceptors (Lipinski definition) is 3. The van der Waals surface area contributed by atoms with Gasteiger partial charge in [0.05, 0.1) is 11.8 Å². The van der Waals surface area contributed by atoms with Crippen molar-refractivity contribution < 1.29 is 13.5 Å². The summed E-state index contributed by atoms with van der Waals surface area (Å²) in [5.74, 6) is -1.78. The van der Waals surface area contributed by atoms with Crippen molar-refractivity contribution in [3.63, 3.8) is 0 Å². The molecule has 7 heteroatoms. The van der Waals surface area contributed by atoms with E-state index in [2.05, 4.69) is 15.8 Å². The van der Waals surface area contributed by atoms with Crippen LogP contribution in [0.3, 0.4) is 0 Å². The summed E-state index contributed by atoms with van der Waals surface area (Å²) in [4.78, 5) is 0. The molecule has 1 aliphatic rings. The molecule has 0 bridgehead atoms. The van der Waals surface area contributed by atoms with Gasteiger partial charge in [-0.3, -0.25) is 5.43 Å². The average Bonchev–Trinajstić information content (AvgIpc) is 2.98. The van der Waals surface area contributed by atoms with Crippen molar-refractivity contribution in [3.05, 3.63) is 35.4 Å². The monoisotopic (exact) mass is 313 g/mol. The molecule has 0 radical (unpaired) electrons. The molecular formula is C14H17F2N3OS. The molecule has 1 heterocycles. The first-order chi connectivity index (χ1) is 10.1. The maximum atomic E-state index is 13.1. The van der Waals surface area contributed by atoms with Crippen molar-refractivity contribution in [3.8, 4) is 0 Å². The predicted molar refractivity (Wildman–Crippen MR) is 81.3 cm³/mol. The molecule has 4 nitrogen and oxygen atoms in total. The van der Waals surface area contributed by atoms with Crippen LogP contribution in [0.4, 0.5) is 8.78 Å². The topological polar surface area (TPSA) is 45.7 Å². The zero-order chi connectivity index (χ0) is 15.2. The van der Waals surface area contributed by atoms with E-state index in [4.69, 9.17) is 17.0 Å². The summed E-state index contributed by atoms with van der Waals surface area (Å²) in [5.41, 5.74) is 3.67. The largest absolute Gasteiger partial charge is 0.376 e. The van der Waals surface area contributed by atoms with Gasteiger partial charge in [-0.15, -0.1) is 0 Å². The minimum Gasteiger partial charge on any atom is -0.376 e. The zero-order valence-corrected chi connectivity index (χ0v) is 12.5. The van der Waals surface area contributed by atoms with Gasteiger partial charge in [-0.2, -0.15) is 5.10 Å². The Morgan fingerprint density at radius 3 is 2.90 bits per heavy atom. The molecule has 0 saturated carbocycles. The van der Waals surface area contributed by atoms with Crippen molar-refractivity contribution in [2.24, 2.45) is 5.10 Å². The second-order valence-electron chi connectivity index (χ2n) is 4.78. The molecule has 21 heavy (non-hydrogen) atoms. The number of thiocarbonyl (C=S) groups is 1. The highest BCUT2D eigenvalue weighted by Gasteiger charge is 2.15. The van der Waals surface area contributed by atoms with E-state index in [0.717, 1.165) is 31.6 Å². The van der Waals surface area contributed by atoms with Crippen molar-refractivity contribution in [1.29, 1.82) is 0 Å². The Bertz CT molecular complexity index is 545. The highest BCUT2D eigenvalue weighted by molar-refractivity contribution is 7.80. The summed E-state index contributed by atoms with van der Waals surface area (Å²) in [7, 11) is 0. The van der Waals surface area contributed by atoms with Crippen LogP contribution in [-0.4, -0.2) is 30.1 Å². The fourth-order valence-corrected chi connectivity index (χ4v) is 2.10. The van der Waals surface area contributed by atoms with Crippen LogP contribution in [0.2, 0.25) is 0 Å². The molecule has 1 aliphatic heterocycles. The first kappa shape index (κ1) is 15.8. The van der Waals surface area contributed by atoms with Crippen LogP contribution >= 0.6 is 12.2 Å². The highest BCUT2D eigenvalue weighted by Crippen LogP contribution is 2.11. The Morgan fingerprint density at radius 1 is 1.43 bits per heavy atom. The second kappa shape index (κ2) is 7.42. The van der Waals surface area contributed by atoms with Gasteiger partial charge in [0.25, 0.3) is 0 Å². The summed E-state index contributed by atoms with van der Waals surface area (Å²) < 4.78 is 31.4. The van der Waals surface area contributed by atoms with Crippen LogP contribution in [0.25, 0.3) is 0 Å². The Labute approximate surface area is 127 Å². The van der Waals surface area contributed by atoms with Gasteiger partial charge >= 0.3 is 0 Å². The van der Waals surface area contributed by atoms with Crippen molar-refractivity contribution in [2.75, 3.05) is 13.2 Å². The van der Waals surface area contributed by atoms with Gasteiger partial charge < -0.3 is 10.1 Å². The van der Waals surface area contributed by atoms with Gasteiger partial charge in [0, 0.05) is 18.7 Å². The van der Waals surface area contributed by atoms with Crippen LogP contribution in [0.1, 0.15) is 25.3 Å². The van der Waals surface area contributed by atoms with E-state index in [0.29, 0.717) is 22.9 Å². The third-order valence-corrected chi connectivity index (χ3v) is 3.41. The van der Waals surface area contributed by atoms with Gasteiger partial charge in [0.1, 0.15) is 0 Å². The molecule has 1 aromatic rings. The quantitative estimate of drug-likeness (QED) is 0.509. The van der Waals surface area contributed by atoms with E-state index < -0.39 is 11.6 Å². The number of ether oxygens (including phenoxy) is 1. The number of nitrogens with one attached hydrogen (secondary N) is 2. The molecule has 1 atom stereocenters. The Hall–Kier alpha value is -1.60. The number of hydrogen-bond donors (Lipinski definition) is 2. The minimum absolute atomic E-state index is 0.182. The lowest BCUT2D eigenvalue weighted by molar-refractivity contribution is 0.114.